The lowest BCUT2D eigenvalue weighted by atomic mass is 10.0. The first-order valence-electron chi connectivity index (χ1n) is 7.93. The van der Waals surface area contributed by atoms with Gasteiger partial charge in [-0.25, -0.2) is 0 Å². The van der Waals surface area contributed by atoms with E-state index in [0.717, 1.165) is 16.0 Å². The van der Waals surface area contributed by atoms with Crippen molar-refractivity contribution in [3.8, 4) is 0 Å². The minimum Gasteiger partial charge on any atom is -0.346 e. The average Bonchev–Trinajstić information content (AvgIpc) is 2.55. The van der Waals surface area contributed by atoms with Crippen LogP contribution in [0.15, 0.2) is 47.4 Å². The molecule has 2 atom stereocenters. The topological polar surface area (TPSA) is 58.2 Å². The van der Waals surface area contributed by atoms with E-state index in [1.807, 2.05) is 51.1 Å². The quantitative estimate of drug-likeness (QED) is 0.890. The average molecular weight is 340 g/mol. The van der Waals surface area contributed by atoms with Gasteiger partial charge in [0.05, 0.1) is 17.0 Å². The Bertz CT molecular complexity index is 804. The molecule has 4 nitrogen and oxygen atoms in total. The van der Waals surface area contributed by atoms with Crippen molar-refractivity contribution in [2.45, 2.75) is 37.0 Å². The van der Waals surface area contributed by atoms with Crippen LogP contribution in [0.3, 0.4) is 0 Å². The highest BCUT2D eigenvalue weighted by atomic mass is 32.2. The molecule has 2 aromatic rings. The van der Waals surface area contributed by atoms with Gasteiger partial charge < -0.3 is 10.6 Å². The summed E-state index contributed by atoms with van der Waals surface area (Å²) in [5.74, 6) is -0.176. The molecule has 0 bridgehead atoms. The maximum absolute atomic E-state index is 12.5. The molecule has 0 fully saturated rings. The highest BCUT2D eigenvalue weighted by Gasteiger charge is 2.24. The number of rotatable bonds is 3. The smallest absolute Gasteiger partial charge is 0.251 e. The zero-order valence-electron chi connectivity index (χ0n) is 13.9. The number of carbonyl (C=O) groups excluding carboxylic acids is 2. The van der Waals surface area contributed by atoms with Crippen LogP contribution in [0.2, 0.25) is 0 Å². The molecule has 2 aromatic carbocycles. The summed E-state index contributed by atoms with van der Waals surface area (Å²) in [6.45, 7) is 5.87. The van der Waals surface area contributed by atoms with Gasteiger partial charge in [-0.3, -0.25) is 9.59 Å². The lowest BCUT2D eigenvalue weighted by Crippen LogP contribution is -2.29. The van der Waals surface area contributed by atoms with E-state index >= 15 is 0 Å². The van der Waals surface area contributed by atoms with Crippen LogP contribution < -0.4 is 10.6 Å². The van der Waals surface area contributed by atoms with Crippen LogP contribution in [0.25, 0.3) is 0 Å². The van der Waals surface area contributed by atoms with Crippen molar-refractivity contribution in [3.05, 3.63) is 59.2 Å². The number of hydrogen-bond donors (Lipinski definition) is 2. The summed E-state index contributed by atoms with van der Waals surface area (Å²) in [4.78, 5) is 25.3. The molecule has 3 rings (SSSR count). The third-order valence-corrected chi connectivity index (χ3v) is 5.35. The number of anilines is 1. The molecule has 0 saturated heterocycles. The Labute approximate surface area is 146 Å². The Morgan fingerprint density at radius 1 is 1.25 bits per heavy atom. The Kier molecular flexibility index (Phi) is 4.62. The summed E-state index contributed by atoms with van der Waals surface area (Å²) in [6, 6.07) is 13.4. The van der Waals surface area contributed by atoms with Gasteiger partial charge in [0.15, 0.2) is 0 Å². The summed E-state index contributed by atoms with van der Waals surface area (Å²) < 4.78 is 0. The van der Waals surface area contributed by atoms with Crippen LogP contribution in [0, 0.1) is 6.92 Å². The largest absolute Gasteiger partial charge is 0.346 e. The summed E-state index contributed by atoms with van der Waals surface area (Å²) in [7, 11) is 0. The van der Waals surface area contributed by atoms with E-state index in [2.05, 4.69) is 10.6 Å². The van der Waals surface area contributed by atoms with Gasteiger partial charge in [0, 0.05) is 10.5 Å². The summed E-state index contributed by atoms with van der Waals surface area (Å²) >= 11 is 1.51. The number of nitrogens with one attached hydrogen (secondary N) is 2. The van der Waals surface area contributed by atoms with Gasteiger partial charge in [0.25, 0.3) is 5.91 Å². The molecule has 5 heteroatoms. The molecule has 124 valence electrons. The molecule has 1 aliphatic rings. The lowest BCUT2D eigenvalue weighted by molar-refractivity contribution is -0.115. The highest BCUT2D eigenvalue weighted by Crippen LogP contribution is 2.36. The Morgan fingerprint density at radius 3 is 2.75 bits per heavy atom. The number of benzene rings is 2. The maximum Gasteiger partial charge on any atom is 0.251 e. The summed E-state index contributed by atoms with van der Waals surface area (Å²) in [6.07, 6.45) is 0. The predicted octanol–water partition coefficient (Wildman–Crippen LogP) is 3.92. The molecular weight excluding hydrogens is 320 g/mol. The zero-order chi connectivity index (χ0) is 17.3. The first kappa shape index (κ1) is 16.6. The van der Waals surface area contributed by atoms with Crippen LogP contribution in [0.5, 0.6) is 0 Å². The molecule has 2 amide bonds. The molecule has 1 heterocycles. The van der Waals surface area contributed by atoms with E-state index in [1.165, 1.54) is 11.8 Å². The second kappa shape index (κ2) is 6.69. The molecule has 0 saturated carbocycles. The third-order valence-electron chi connectivity index (χ3n) is 4.18. The molecule has 0 aromatic heterocycles. The fourth-order valence-corrected chi connectivity index (χ4v) is 3.71. The second-order valence-corrected chi connectivity index (χ2v) is 7.39. The molecule has 2 N–H and O–H groups in total. The standard InChI is InChI=1S/C19H20N2O2S/c1-11-6-4-5-7-15(11)12(2)20-19(23)14-8-9-17-16(10-14)21-18(22)13(3)24-17/h4-10,12-13H,1-3H3,(H,20,23)(H,21,22)/t12-,13+/m0/s1. The third kappa shape index (κ3) is 3.31. The lowest BCUT2D eigenvalue weighted by Gasteiger charge is -2.22. The number of thioether (sulfide) groups is 1. The molecule has 24 heavy (non-hydrogen) atoms. The molecule has 1 aliphatic heterocycles. The van der Waals surface area contributed by atoms with Gasteiger partial charge in [-0.2, -0.15) is 0 Å². The zero-order valence-corrected chi connectivity index (χ0v) is 14.7. The van der Waals surface area contributed by atoms with Crippen molar-refractivity contribution in [1.29, 1.82) is 0 Å². The van der Waals surface area contributed by atoms with Gasteiger partial charge in [0.1, 0.15) is 0 Å². The van der Waals surface area contributed by atoms with E-state index < -0.39 is 0 Å². The Morgan fingerprint density at radius 2 is 2.00 bits per heavy atom. The molecular formula is C19H20N2O2S. The van der Waals surface area contributed by atoms with Crippen molar-refractivity contribution in [2.24, 2.45) is 0 Å². The van der Waals surface area contributed by atoms with Gasteiger partial charge in [-0.15, -0.1) is 11.8 Å². The number of carbonyl (C=O) groups is 2. The van der Waals surface area contributed by atoms with Crippen molar-refractivity contribution < 1.29 is 9.59 Å². The second-order valence-electron chi connectivity index (χ2n) is 6.01. The molecule has 0 radical (unpaired) electrons. The first-order valence-corrected chi connectivity index (χ1v) is 8.81. The highest BCUT2D eigenvalue weighted by molar-refractivity contribution is 8.00. The van der Waals surface area contributed by atoms with E-state index in [0.29, 0.717) is 11.3 Å². The van der Waals surface area contributed by atoms with Crippen LogP contribution in [0.1, 0.15) is 41.4 Å². The monoisotopic (exact) mass is 340 g/mol. The number of amides is 2. The molecule has 0 unspecified atom stereocenters. The fourth-order valence-electron chi connectivity index (χ4n) is 2.78. The predicted molar refractivity (Wildman–Crippen MR) is 97.5 cm³/mol. The summed E-state index contributed by atoms with van der Waals surface area (Å²) in [5.41, 5.74) is 3.50. The van der Waals surface area contributed by atoms with Gasteiger partial charge in [0.2, 0.25) is 5.91 Å². The van der Waals surface area contributed by atoms with Gasteiger partial charge in [-0.1, -0.05) is 24.3 Å². The van der Waals surface area contributed by atoms with Crippen molar-refractivity contribution in [1.82, 2.24) is 5.32 Å². The number of fused-ring (bicyclic) bond motifs is 1. The van der Waals surface area contributed by atoms with Gasteiger partial charge >= 0.3 is 0 Å². The van der Waals surface area contributed by atoms with Crippen molar-refractivity contribution >= 4 is 29.3 Å². The molecule has 0 spiro atoms. The molecule has 0 aliphatic carbocycles. The normalized spacial score (nSPS) is 17.6. The van der Waals surface area contributed by atoms with E-state index in [4.69, 9.17) is 0 Å². The minimum atomic E-state index is -0.147. The number of aryl methyl sites for hydroxylation is 1. The van der Waals surface area contributed by atoms with Crippen LogP contribution >= 0.6 is 11.8 Å². The van der Waals surface area contributed by atoms with Crippen molar-refractivity contribution in [3.63, 3.8) is 0 Å². The maximum atomic E-state index is 12.5. The van der Waals surface area contributed by atoms with Gasteiger partial charge in [-0.05, 0) is 50.1 Å². The fraction of sp³-hybridized carbons (Fsp3) is 0.263. The van der Waals surface area contributed by atoms with Crippen LogP contribution in [-0.2, 0) is 4.79 Å². The van der Waals surface area contributed by atoms with Crippen LogP contribution in [0.4, 0.5) is 5.69 Å². The summed E-state index contributed by atoms with van der Waals surface area (Å²) in [5, 5.41) is 5.77. The first-order chi connectivity index (χ1) is 11.5. The van der Waals surface area contributed by atoms with E-state index in [1.54, 1.807) is 12.1 Å². The Balaban J connectivity index is 1.78. The van der Waals surface area contributed by atoms with E-state index in [-0.39, 0.29) is 23.1 Å². The van der Waals surface area contributed by atoms with Crippen LogP contribution in [-0.4, -0.2) is 17.1 Å². The SMILES string of the molecule is Cc1ccccc1[C@H](C)NC(=O)c1ccc2c(c1)NC(=O)[C@@H](C)S2. The number of hydrogen-bond acceptors (Lipinski definition) is 3. The minimum absolute atomic E-state index is 0.0293. The van der Waals surface area contributed by atoms with Crippen molar-refractivity contribution in [2.75, 3.05) is 5.32 Å². The Hall–Kier alpha value is -2.27. The van der Waals surface area contributed by atoms with E-state index in [9.17, 15) is 9.59 Å².